The lowest BCUT2D eigenvalue weighted by atomic mass is 9.91. The van der Waals surface area contributed by atoms with Crippen LogP contribution in [0, 0.1) is 6.92 Å². The third-order valence-electron chi connectivity index (χ3n) is 4.68. The van der Waals surface area contributed by atoms with Crippen LogP contribution in [-0.4, -0.2) is 48.4 Å². The van der Waals surface area contributed by atoms with E-state index in [-0.39, 0.29) is 17.9 Å². The van der Waals surface area contributed by atoms with Gasteiger partial charge in [0.15, 0.2) is 0 Å². The van der Waals surface area contributed by atoms with Crippen LogP contribution in [-0.2, 0) is 27.3 Å². The molecule has 0 radical (unpaired) electrons. The van der Waals surface area contributed by atoms with Crippen molar-refractivity contribution in [3.05, 3.63) is 65.2 Å². The van der Waals surface area contributed by atoms with Crippen molar-refractivity contribution in [1.82, 2.24) is 4.90 Å². The summed E-state index contributed by atoms with van der Waals surface area (Å²) in [7, 11) is -4.03. The van der Waals surface area contributed by atoms with Crippen molar-refractivity contribution in [1.29, 1.82) is 0 Å². The Morgan fingerprint density at radius 1 is 1.19 bits per heavy atom. The number of amides is 1. The van der Waals surface area contributed by atoms with Crippen LogP contribution in [0.2, 0.25) is 0 Å². The van der Waals surface area contributed by atoms with Crippen LogP contribution < -0.4 is 0 Å². The molecule has 0 bridgehead atoms. The number of carboxylic acid groups (broad SMARTS) is 1. The summed E-state index contributed by atoms with van der Waals surface area (Å²) in [4.78, 5) is 12.7. The molecule has 7 nitrogen and oxygen atoms in total. The lowest BCUT2D eigenvalue weighted by molar-refractivity contribution is 0.0149. The summed E-state index contributed by atoms with van der Waals surface area (Å²) < 4.78 is 29.6. The molecule has 0 fully saturated rings. The predicted octanol–water partition coefficient (Wildman–Crippen LogP) is 2.17. The fraction of sp³-hybridized carbons (Fsp3) is 0.316. The molecule has 0 aliphatic carbocycles. The Labute approximate surface area is 157 Å². The van der Waals surface area contributed by atoms with Crippen molar-refractivity contribution in [3.63, 3.8) is 0 Å². The Bertz CT molecular complexity index is 925. The third kappa shape index (κ3) is 4.29. The zero-order chi connectivity index (χ0) is 19.6. The smallest absolute Gasteiger partial charge is 0.407 e. The van der Waals surface area contributed by atoms with E-state index in [2.05, 4.69) is 0 Å². The summed E-state index contributed by atoms with van der Waals surface area (Å²) in [5.74, 6) is 0. The Kier molecular flexibility index (Phi) is 5.50. The first-order chi connectivity index (χ1) is 12.8. The molecule has 1 amide bonds. The molecule has 1 heterocycles. The molecule has 27 heavy (non-hydrogen) atoms. The highest BCUT2D eigenvalue weighted by Crippen LogP contribution is 2.26. The van der Waals surface area contributed by atoms with Gasteiger partial charge < -0.3 is 10.2 Å². The van der Waals surface area contributed by atoms with Crippen LogP contribution >= 0.6 is 0 Å². The Morgan fingerprint density at radius 3 is 2.44 bits per heavy atom. The van der Waals surface area contributed by atoms with Crippen molar-refractivity contribution >= 4 is 16.2 Å². The Morgan fingerprint density at radius 2 is 1.81 bits per heavy atom. The highest BCUT2D eigenvalue weighted by atomic mass is 32.2. The van der Waals surface area contributed by atoms with Crippen LogP contribution in [0.15, 0.2) is 53.4 Å². The number of aliphatic hydroxyl groups is 1. The second-order valence-electron chi connectivity index (χ2n) is 6.57. The van der Waals surface area contributed by atoms with Crippen LogP contribution in [0.5, 0.6) is 0 Å². The highest BCUT2D eigenvalue weighted by molar-refractivity contribution is 7.86. The molecule has 2 aromatic rings. The van der Waals surface area contributed by atoms with Gasteiger partial charge in [-0.05, 0) is 36.6 Å². The summed E-state index contributed by atoms with van der Waals surface area (Å²) >= 11 is 0. The van der Waals surface area contributed by atoms with Gasteiger partial charge in [0, 0.05) is 6.54 Å². The van der Waals surface area contributed by atoms with Gasteiger partial charge in [-0.3, -0.25) is 9.08 Å². The van der Waals surface area contributed by atoms with E-state index in [0.717, 1.165) is 21.6 Å². The summed E-state index contributed by atoms with van der Waals surface area (Å²) in [5.41, 5.74) is 2.71. The average Bonchev–Trinajstić information content (AvgIpc) is 2.65. The first-order valence-electron chi connectivity index (χ1n) is 8.48. The minimum Gasteiger partial charge on any atom is -0.465 e. The van der Waals surface area contributed by atoms with Gasteiger partial charge in [0.05, 0.1) is 23.6 Å². The molecular weight excluding hydrogens is 370 g/mol. The largest absolute Gasteiger partial charge is 0.465 e. The fourth-order valence-corrected chi connectivity index (χ4v) is 4.07. The number of hydrogen-bond acceptors (Lipinski definition) is 5. The molecule has 144 valence electrons. The van der Waals surface area contributed by atoms with Crippen molar-refractivity contribution in [2.24, 2.45) is 0 Å². The van der Waals surface area contributed by atoms with Crippen LogP contribution in [0.25, 0.3) is 0 Å². The van der Waals surface area contributed by atoms with E-state index in [4.69, 9.17) is 4.18 Å². The van der Waals surface area contributed by atoms with Crippen molar-refractivity contribution in [2.45, 2.75) is 36.9 Å². The second kappa shape index (κ2) is 7.67. The third-order valence-corrected chi connectivity index (χ3v) is 5.98. The molecule has 2 N–H and O–H groups in total. The van der Waals surface area contributed by atoms with E-state index in [1.807, 2.05) is 31.2 Å². The summed E-state index contributed by atoms with van der Waals surface area (Å²) in [6.07, 6.45) is -2.16. The molecule has 2 aromatic carbocycles. The molecule has 2 atom stereocenters. The first kappa shape index (κ1) is 19.3. The van der Waals surface area contributed by atoms with Gasteiger partial charge in [-0.2, -0.15) is 8.42 Å². The number of rotatable bonds is 5. The van der Waals surface area contributed by atoms with E-state index in [1.165, 1.54) is 12.1 Å². The van der Waals surface area contributed by atoms with E-state index < -0.39 is 35.0 Å². The predicted molar refractivity (Wildman–Crippen MR) is 97.8 cm³/mol. The number of hydrogen-bond donors (Lipinski definition) is 2. The standard InChI is InChI=1S/C19H21NO6S/c1-13-6-8-16(9-7-13)27(24,25)26-12-18(21)17-10-14-4-2-3-5-15(14)11-20(17)19(22)23/h2-9,17-18,21H,10-12H2,1H3,(H,22,23)/t17-,18+/m0/s1. The van der Waals surface area contributed by atoms with E-state index in [1.54, 1.807) is 12.1 Å². The lowest BCUT2D eigenvalue weighted by Gasteiger charge is -2.37. The summed E-state index contributed by atoms with van der Waals surface area (Å²) in [6.45, 7) is 1.45. The number of aliphatic hydroxyl groups excluding tert-OH is 1. The molecule has 1 aliphatic heterocycles. The second-order valence-corrected chi connectivity index (χ2v) is 8.19. The fourth-order valence-electron chi connectivity index (χ4n) is 3.14. The van der Waals surface area contributed by atoms with Crippen LogP contribution in [0.4, 0.5) is 4.79 Å². The molecule has 0 unspecified atom stereocenters. The Hall–Kier alpha value is -2.42. The monoisotopic (exact) mass is 391 g/mol. The first-order valence-corrected chi connectivity index (χ1v) is 9.89. The van der Waals surface area contributed by atoms with Crippen LogP contribution in [0.1, 0.15) is 16.7 Å². The highest BCUT2D eigenvalue weighted by Gasteiger charge is 2.35. The topological polar surface area (TPSA) is 104 Å². The summed E-state index contributed by atoms with van der Waals surface area (Å²) in [6, 6.07) is 12.8. The van der Waals surface area contributed by atoms with E-state index in [9.17, 15) is 23.4 Å². The van der Waals surface area contributed by atoms with Gasteiger partial charge in [-0.15, -0.1) is 0 Å². The normalized spacial score (nSPS) is 18.0. The molecule has 0 saturated heterocycles. The van der Waals surface area contributed by atoms with Crippen molar-refractivity contribution < 1.29 is 27.6 Å². The van der Waals surface area contributed by atoms with Gasteiger partial charge in [-0.1, -0.05) is 42.0 Å². The molecule has 1 aliphatic rings. The SMILES string of the molecule is Cc1ccc(S(=O)(=O)OC[C@@H](O)[C@@H]2Cc3ccccc3CN2C(=O)O)cc1. The molecular formula is C19H21NO6S. The number of benzene rings is 2. The maximum atomic E-state index is 12.3. The lowest BCUT2D eigenvalue weighted by Crippen LogP contribution is -2.51. The van der Waals surface area contributed by atoms with E-state index in [0.29, 0.717) is 0 Å². The van der Waals surface area contributed by atoms with Gasteiger partial charge in [0.1, 0.15) is 0 Å². The van der Waals surface area contributed by atoms with Crippen molar-refractivity contribution in [3.8, 4) is 0 Å². The zero-order valence-corrected chi connectivity index (χ0v) is 15.6. The molecule has 0 spiro atoms. The minimum atomic E-state index is -4.03. The quantitative estimate of drug-likeness (QED) is 0.757. The Balaban J connectivity index is 1.73. The molecule has 8 heteroatoms. The number of fused-ring (bicyclic) bond motifs is 1. The maximum Gasteiger partial charge on any atom is 0.407 e. The number of aryl methyl sites for hydroxylation is 1. The number of nitrogens with zero attached hydrogens (tertiary/aromatic N) is 1. The average molecular weight is 391 g/mol. The van der Waals surface area contributed by atoms with Gasteiger partial charge in [-0.25, -0.2) is 4.79 Å². The molecule has 0 aromatic heterocycles. The molecule has 3 rings (SSSR count). The van der Waals surface area contributed by atoms with Gasteiger partial charge in [0.25, 0.3) is 10.1 Å². The number of carbonyl (C=O) groups is 1. The maximum absolute atomic E-state index is 12.3. The van der Waals surface area contributed by atoms with Crippen LogP contribution in [0.3, 0.4) is 0 Å². The van der Waals surface area contributed by atoms with Gasteiger partial charge >= 0.3 is 6.09 Å². The zero-order valence-electron chi connectivity index (χ0n) is 14.8. The van der Waals surface area contributed by atoms with Gasteiger partial charge in [0.2, 0.25) is 0 Å². The van der Waals surface area contributed by atoms with Crippen molar-refractivity contribution in [2.75, 3.05) is 6.61 Å². The minimum absolute atomic E-state index is 0.00983. The summed E-state index contributed by atoms with van der Waals surface area (Å²) in [5, 5.41) is 19.9. The van der Waals surface area contributed by atoms with E-state index >= 15 is 0 Å². The molecule has 0 saturated carbocycles.